The summed E-state index contributed by atoms with van der Waals surface area (Å²) < 4.78 is 1.92. The monoisotopic (exact) mass is 360 g/mol. The summed E-state index contributed by atoms with van der Waals surface area (Å²) in [7, 11) is 5.38. The van der Waals surface area contributed by atoms with Gasteiger partial charge in [-0.05, 0) is 31.4 Å². The predicted octanol–water partition coefficient (Wildman–Crippen LogP) is 0.870. The van der Waals surface area contributed by atoms with Crippen molar-refractivity contribution in [2.75, 3.05) is 33.7 Å². The Morgan fingerprint density at radius 3 is 2.65 bits per heavy atom. The maximum Gasteiger partial charge on any atom is 0.269 e. The van der Waals surface area contributed by atoms with E-state index in [1.807, 2.05) is 29.5 Å². The Kier molecular flexibility index (Phi) is 5.07. The fraction of sp³-hybridized carbons (Fsp3) is 0.632. The van der Waals surface area contributed by atoms with Gasteiger partial charge < -0.3 is 19.3 Å². The number of hydrogen-bond acceptors (Lipinski definition) is 3. The maximum atomic E-state index is 13.0. The quantitative estimate of drug-likeness (QED) is 0.803. The lowest BCUT2D eigenvalue weighted by Gasteiger charge is -2.36. The van der Waals surface area contributed by atoms with E-state index in [0.717, 1.165) is 17.7 Å². The van der Waals surface area contributed by atoms with E-state index in [1.54, 1.807) is 23.9 Å². The highest BCUT2D eigenvalue weighted by Gasteiger charge is 2.34. The molecule has 2 aliphatic heterocycles. The molecule has 0 N–H and O–H groups in total. The molecule has 0 aromatic carbocycles. The van der Waals surface area contributed by atoms with E-state index in [-0.39, 0.29) is 23.6 Å². The average molecular weight is 360 g/mol. The molecule has 3 amide bonds. The van der Waals surface area contributed by atoms with Gasteiger partial charge in [0.1, 0.15) is 5.69 Å². The predicted molar refractivity (Wildman–Crippen MR) is 97.5 cm³/mol. The van der Waals surface area contributed by atoms with Gasteiger partial charge in [0, 0.05) is 52.9 Å². The van der Waals surface area contributed by atoms with Crippen molar-refractivity contribution in [1.82, 2.24) is 19.3 Å². The molecule has 1 atom stereocenters. The molecule has 1 saturated heterocycles. The number of fused-ring (bicyclic) bond motifs is 1. The number of nitrogens with zero attached hydrogens (tertiary/aromatic N) is 4. The van der Waals surface area contributed by atoms with E-state index >= 15 is 0 Å². The van der Waals surface area contributed by atoms with Crippen molar-refractivity contribution >= 4 is 17.7 Å². The number of hydrogen-bond donors (Lipinski definition) is 0. The van der Waals surface area contributed by atoms with Crippen LogP contribution in [0.5, 0.6) is 0 Å². The molecule has 0 radical (unpaired) electrons. The second-order valence-electron chi connectivity index (χ2n) is 7.44. The Balaban J connectivity index is 1.75. The summed E-state index contributed by atoms with van der Waals surface area (Å²) in [5.41, 5.74) is 2.85. The Hall–Kier alpha value is -2.31. The highest BCUT2D eigenvalue weighted by Crippen LogP contribution is 2.26. The molecule has 3 heterocycles. The van der Waals surface area contributed by atoms with Crippen LogP contribution < -0.4 is 0 Å². The molecule has 2 aliphatic rings. The van der Waals surface area contributed by atoms with E-state index in [1.165, 1.54) is 0 Å². The van der Waals surface area contributed by atoms with Crippen LogP contribution in [0.3, 0.4) is 0 Å². The summed E-state index contributed by atoms with van der Waals surface area (Å²) in [5.74, 6) is 0.136. The van der Waals surface area contributed by atoms with Crippen LogP contribution in [0.15, 0.2) is 6.07 Å². The topological polar surface area (TPSA) is 65.9 Å². The van der Waals surface area contributed by atoms with Crippen LogP contribution in [0.4, 0.5) is 0 Å². The Morgan fingerprint density at radius 1 is 1.27 bits per heavy atom. The van der Waals surface area contributed by atoms with Gasteiger partial charge in [-0.3, -0.25) is 14.4 Å². The van der Waals surface area contributed by atoms with Crippen molar-refractivity contribution in [3.63, 3.8) is 0 Å². The molecule has 1 aromatic rings. The van der Waals surface area contributed by atoms with Gasteiger partial charge in [0.05, 0.1) is 12.5 Å². The van der Waals surface area contributed by atoms with E-state index in [0.29, 0.717) is 44.7 Å². The number of aromatic nitrogens is 1. The second kappa shape index (κ2) is 7.13. The Bertz CT molecular complexity index is 737. The van der Waals surface area contributed by atoms with Crippen molar-refractivity contribution in [2.24, 2.45) is 13.0 Å². The lowest BCUT2D eigenvalue weighted by Crippen LogP contribution is -2.48. The first-order valence-electron chi connectivity index (χ1n) is 9.29. The van der Waals surface area contributed by atoms with Crippen LogP contribution in [-0.4, -0.2) is 70.7 Å². The summed E-state index contributed by atoms with van der Waals surface area (Å²) in [6, 6.07) is 1.96. The molecule has 7 heteroatoms. The van der Waals surface area contributed by atoms with Crippen molar-refractivity contribution in [3.8, 4) is 0 Å². The largest absolute Gasteiger partial charge is 0.343 e. The minimum absolute atomic E-state index is 0.0239. The van der Waals surface area contributed by atoms with Gasteiger partial charge in [0.15, 0.2) is 0 Å². The molecule has 3 rings (SSSR count). The first-order valence-corrected chi connectivity index (χ1v) is 9.29. The molecular weight excluding hydrogens is 332 g/mol. The van der Waals surface area contributed by atoms with E-state index < -0.39 is 0 Å². The van der Waals surface area contributed by atoms with Gasteiger partial charge in [0.25, 0.3) is 5.91 Å². The maximum absolute atomic E-state index is 13.0. The summed E-state index contributed by atoms with van der Waals surface area (Å²) >= 11 is 0. The van der Waals surface area contributed by atoms with E-state index in [4.69, 9.17) is 0 Å². The van der Waals surface area contributed by atoms with E-state index in [9.17, 15) is 14.4 Å². The molecule has 142 valence electrons. The van der Waals surface area contributed by atoms with E-state index in [2.05, 4.69) is 0 Å². The standard InChI is InChI=1S/C19H28N4O3/c1-5-22-11-14(6-7-17(22)24)18(25)23-9-8-13-10-15(19(26)20(2)3)21(4)16(13)12-23/h10,14H,5-9,11-12H2,1-4H3/t14-/m0/s1. The van der Waals surface area contributed by atoms with Crippen LogP contribution in [0.25, 0.3) is 0 Å². The molecule has 0 unspecified atom stereocenters. The molecule has 0 saturated carbocycles. The van der Waals surface area contributed by atoms with Gasteiger partial charge in [-0.1, -0.05) is 0 Å². The fourth-order valence-corrected chi connectivity index (χ4v) is 3.95. The molecule has 26 heavy (non-hydrogen) atoms. The Morgan fingerprint density at radius 2 is 2.00 bits per heavy atom. The number of carbonyl (C=O) groups excluding carboxylic acids is 3. The summed E-state index contributed by atoms with van der Waals surface area (Å²) in [6.45, 7) is 4.32. The number of likely N-dealkylation sites (tertiary alicyclic amines) is 1. The highest BCUT2D eigenvalue weighted by molar-refractivity contribution is 5.93. The molecule has 0 bridgehead atoms. The van der Waals surface area contributed by atoms with Crippen LogP contribution in [-0.2, 0) is 29.6 Å². The molecular formula is C19H28N4O3. The third-order valence-electron chi connectivity index (χ3n) is 5.61. The highest BCUT2D eigenvalue weighted by atomic mass is 16.2. The van der Waals surface area contributed by atoms with Crippen LogP contribution in [0, 0.1) is 5.92 Å². The van der Waals surface area contributed by atoms with Crippen LogP contribution >= 0.6 is 0 Å². The van der Waals surface area contributed by atoms with Gasteiger partial charge in [-0.25, -0.2) is 0 Å². The van der Waals surface area contributed by atoms with Gasteiger partial charge in [-0.2, -0.15) is 0 Å². The van der Waals surface area contributed by atoms with Crippen molar-refractivity contribution in [3.05, 3.63) is 23.0 Å². The summed E-state index contributed by atoms with van der Waals surface area (Å²) in [4.78, 5) is 42.4. The first kappa shape index (κ1) is 18.5. The third kappa shape index (κ3) is 3.22. The summed E-state index contributed by atoms with van der Waals surface area (Å²) in [6.07, 6.45) is 1.85. The SMILES string of the molecule is CCN1C[C@@H](C(=O)N2CCc3cc(C(=O)N(C)C)n(C)c3C2)CCC1=O. The first-order chi connectivity index (χ1) is 12.3. The van der Waals surface area contributed by atoms with Crippen molar-refractivity contribution in [2.45, 2.75) is 32.7 Å². The van der Waals surface area contributed by atoms with Crippen molar-refractivity contribution < 1.29 is 14.4 Å². The summed E-state index contributed by atoms with van der Waals surface area (Å²) in [5, 5.41) is 0. The molecule has 0 aliphatic carbocycles. The van der Waals surface area contributed by atoms with Crippen LogP contribution in [0.2, 0.25) is 0 Å². The number of rotatable bonds is 3. The lowest BCUT2D eigenvalue weighted by molar-refractivity contribution is -0.143. The number of amides is 3. The zero-order chi connectivity index (χ0) is 19.0. The van der Waals surface area contributed by atoms with Gasteiger partial charge in [0.2, 0.25) is 11.8 Å². The van der Waals surface area contributed by atoms with Crippen molar-refractivity contribution in [1.29, 1.82) is 0 Å². The van der Waals surface area contributed by atoms with Gasteiger partial charge in [-0.15, -0.1) is 0 Å². The molecule has 1 aromatic heterocycles. The second-order valence-corrected chi connectivity index (χ2v) is 7.44. The molecule has 1 fully saturated rings. The average Bonchev–Trinajstić information content (AvgIpc) is 2.97. The van der Waals surface area contributed by atoms with Gasteiger partial charge >= 0.3 is 0 Å². The minimum Gasteiger partial charge on any atom is -0.343 e. The normalized spacial score (nSPS) is 20.2. The third-order valence-corrected chi connectivity index (χ3v) is 5.61. The van der Waals surface area contributed by atoms with Crippen LogP contribution in [0.1, 0.15) is 41.5 Å². The fourth-order valence-electron chi connectivity index (χ4n) is 3.95. The number of piperidine rings is 1. The minimum atomic E-state index is -0.114. The lowest BCUT2D eigenvalue weighted by atomic mass is 9.95. The molecule has 0 spiro atoms. The Labute approximate surface area is 154 Å². The molecule has 7 nitrogen and oxygen atoms in total. The smallest absolute Gasteiger partial charge is 0.269 e. The zero-order valence-corrected chi connectivity index (χ0v) is 16.1. The number of carbonyl (C=O) groups is 3. The zero-order valence-electron chi connectivity index (χ0n) is 16.1.